The van der Waals surface area contributed by atoms with Crippen molar-refractivity contribution in [3.05, 3.63) is 23.8 Å². The van der Waals surface area contributed by atoms with Crippen molar-refractivity contribution in [3.63, 3.8) is 0 Å². The topological polar surface area (TPSA) is 57.2 Å². The summed E-state index contributed by atoms with van der Waals surface area (Å²) in [5, 5.41) is 10.3. The van der Waals surface area contributed by atoms with Gasteiger partial charge in [0, 0.05) is 5.56 Å². The van der Waals surface area contributed by atoms with Gasteiger partial charge >= 0.3 is 0 Å². The lowest BCUT2D eigenvalue weighted by Crippen LogP contribution is -2.34. The molecule has 2 atom stereocenters. The van der Waals surface area contributed by atoms with Crippen molar-refractivity contribution in [2.75, 3.05) is 34.0 Å². The summed E-state index contributed by atoms with van der Waals surface area (Å²) >= 11 is 0. The standard InChI is InChI=1S/C13H18O5/c1-15-9-3-4-11(16-2)10(7-9)13(14)12-8-17-5-6-18-12/h3-4,7,12-14H,5-6,8H2,1-2H3. The molecule has 1 aliphatic heterocycles. The van der Waals surface area contributed by atoms with E-state index in [2.05, 4.69) is 0 Å². The quantitative estimate of drug-likeness (QED) is 0.873. The van der Waals surface area contributed by atoms with E-state index in [9.17, 15) is 5.11 Å². The molecule has 1 aliphatic rings. The van der Waals surface area contributed by atoms with Crippen molar-refractivity contribution in [1.29, 1.82) is 0 Å². The summed E-state index contributed by atoms with van der Waals surface area (Å²) in [4.78, 5) is 0. The zero-order valence-corrected chi connectivity index (χ0v) is 10.6. The fourth-order valence-corrected chi connectivity index (χ4v) is 1.96. The minimum Gasteiger partial charge on any atom is -0.497 e. The lowest BCUT2D eigenvalue weighted by atomic mass is 10.0. The van der Waals surface area contributed by atoms with Crippen LogP contribution in [0.15, 0.2) is 18.2 Å². The Kier molecular flexibility index (Phi) is 4.41. The van der Waals surface area contributed by atoms with Gasteiger partial charge in [0.05, 0.1) is 34.0 Å². The van der Waals surface area contributed by atoms with Gasteiger partial charge in [0.25, 0.3) is 0 Å². The van der Waals surface area contributed by atoms with Gasteiger partial charge < -0.3 is 24.1 Å². The lowest BCUT2D eigenvalue weighted by molar-refractivity contribution is -0.133. The number of rotatable bonds is 4. The molecule has 1 aromatic carbocycles. The molecule has 2 unspecified atom stereocenters. The summed E-state index contributed by atoms with van der Waals surface area (Å²) in [6, 6.07) is 5.30. The molecule has 0 aromatic heterocycles. The fourth-order valence-electron chi connectivity index (χ4n) is 1.96. The maximum atomic E-state index is 10.3. The molecule has 1 saturated heterocycles. The van der Waals surface area contributed by atoms with Crippen molar-refractivity contribution in [2.45, 2.75) is 12.2 Å². The van der Waals surface area contributed by atoms with E-state index in [1.54, 1.807) is 32.4 Å². The first-order chi connectivity index (χ1) is 8.76. The van der Waals surface area contributed by atoms with Gasteiger partial charge in [-0.1, -0.05) is 0 Å². The van der Waals surface area contributed by atoms with Crippen molar-refractivity contribution >= 4 is 0 Å². The molecule has 1 aromatic rings. The molecule has 1 N–H and O–H groups in total. The second-order valence-corrected chi connectivity index (χ2v) is 4.04. The Morgan fingerprint density at radius 3 is 2.72 bits per heavy atom. The van der Waals surface area contributed by atoms with Crippen LogP contribution in [0.25, 0.3) is 0 Å². The Hall–Kier alpha value is -1.30. The third-order valence-electron chi connectivity index (χ3n) is 2.95. The molecule has 100 valence electrons. The first-order valence-corrected chi connectivity index (χ1v) is 5.85. The molecule has 0 spiro atoms. The van der Waals surface area contributed by atoms with Crippen molar-refractivity contribution in [3.8, 4) is 11.5 Å². The molecule has 0 aliphatic carbocycles. The predicted molar refractivity (Wildman–Crippen MR) is 65.1 cm³/mol. The van der Waals surface area contributed by atoms with Gasteiger partial charge in [-0.05, 0) is 18.2 Å². The lowest BCUT2D eigenvalue weighted by Gasteiger charge is -2.28. The van der Waals surface area contributed by atoms with Gasteiger partial charge in [0.2, 0.25) is 0 Å². The van der Waals surface area contributed by atoms with E-state index < -0.39 is 6.10 Å². The number of hydrogen-bond donors (Lipinski definition) is 1. The Labute approximate surface area is 106 Å². The van der Waals surface area contributed by atoms with Gasteiger partial charge in [-0.15, -0.1) is 0 Å². The van der Waals surface area contributed by atoms with Gasteiger partial charge in [-0.25, -0.2) is 0 Å². The van der Waals surface area contributed by atoms with E-state index in [1.165, 1.54) is 0 Å². The molecule has 2 rings (SSSR count). The second kappa shape index (κ2) is 6.04. The number of benzene rings is 1. The van der Waals surface area contributed by atoms with Crippen LogP contribution in [0.3, 0.4) is 0 Å². The Bertz CT molecular complexity index is 387. The highest BCUT2D eigenvalue weighted by Gasteiger charge is 2.27. The molecule has 0 radical (unpaired) electrons. The molecule has 1 heterocycles. The minimum atomic E-state index is -0.796. The zero-order valence-electron chi connectivity index (χ0n) is 10.6. The highest BCUT2D eigenvalue weighted by molar-refractivity contribution is 5.42. The minimum absolute atomic E-state index is 0.375. The van der Waals surface area contributed by atoms with Crippen molar-refractivity contribution in [2.24, 2.45) is 0 Å². The molecule has 0 amide bonds. The van der Waals surface area contributed by atoms with E-state index in [0.717, 1.165) is 0 Å². The number of ether oxygens (including phenoxy) is 4. The van der Waals surface area contributed by atoms with Crippen LogP contribution in [-0.2, 0) is 9.47 Å². The first-order valence-electron chi connectivity index (χ1n) is 5.85. The molecule has 1 fully saturated rings. The third-order valence-corrected chi connectivity index (χ3v) is 2.95. The van der Waals surface area contributed by atoms with Crippen LogP contribution < -0.4 is 9.47 Å². The van der Waals surface area contributed by atoms with Gasteiger partial charge in [0.15, 0.2) is 0 Å². The second-order valence-electron chi connectivity index (χ2n) is 4.04. The summed E-state index contributed by atoms with van der Waals surface area (Å²) in [7, 11) is 3.15. The number of aliphatic hydroxyl groups is 1. The van der Waals surface area contributed by atoms with E-state index >= 15 is 0 Å². The molecule has 5 heteroatoms. The molecule has 5 nitrogen and oxygen atoms in total. The highest BCUT2D eigenvalue weighted by atomic mass is 16.6. The van der Waals surface area contributed by atoms with E-state index in [0.29, 0.717) is 36.9 Å². The summed E-state index contributed by atoms with van der Waals surface area (Å²) in [6.07, 6.45) is -1.17. The smallest absolute Gasteiger partial charge is 0.125 e. The van der Waals surface area contributed by atoms with Crippen LogP contribution >= 0.6 is 0 Å². The van der Waals surface area contributed by atoms with Crippen molar-refractivity contribution < 1.29 is 24.1 Å². The predicted octanol–water partition coefficient (Wildman–Crippen LogP) is 1.15. The number of hydrogen-bond acceptors (Lipinski definition) is 5. The largest absolute Gasteiger partial charge is 0.497 e. The summed E-state index contributed by atoms with van der Waals surface area (Å²) in [6.45, 7) is 1.44. The monoisotopic (exact) mass is 254 g/mol. The fraction of sp³-hybridized carbons (Fsp3) is 0.538. The van der Waals surface area contributed by atoms with Gasteiger partial charge in [-0.2, -0.15) is 0 Å². The molecule has 0 bridgehead atoms. The van der Waals surface area contributed by atoms with Crippen LogP contribution in [0.5, 0.6) is 11.5 Å². The normalized spacial score (nSPS) is 21.4. The van der Waals surface area contributed by atoms with E-state index in [-0.39, 0.29) is 6.10 Å². The van der Waals surface area contributed by atoms with E-state index in [4.69, 9.17) is 18.9 Å². The molecular weight excluding hydrogens is 236 g/mol. The van der Waals surface area contributed by atoms with Crippen LogP contribution in [-0.4, -0.2) is 45.3 Å². The first kappa shape index (κ1) is 13.1. The molecule has 18 heavy (non-hydrogen) atoms. The average molecular weight is 254 g/mol. The Balaban J connectivity index is 2.23. The van der Waals surface area contributed by atoms with E-state index in [1.807, 2.05) is 0 Å². The van der Waals surface area contributed by atoms with Crippen LogP contribution in [0, 0.1) is 0 Å². The third kappa shape index (κ3) is 2.75. The maximum absolute atomic E-state index is 10.3. The summed E-state index contributed by atoms with van der Waals surface area (Å²) in [5.41, 5.74) is 0.646. The molecular formula is C13H18O5. The summed E-state index contributed by atoms with van der Waals surface area (Å²) < 4.78 is 21.2. The Morgan fingerprint density at radius 1 is 1.28 bits per heavy atom. The number of methoxy groups -OCH3 is 2. The SMILES string of the molecule is COc1ccc(OC)c(C(O)C2COCCO2)c1. The molecule has 0 saturated carbocycles. The van der Waals surface area contributed by atoms with Crippen LogP contribution in [0.1, 0.15) is 11.7 Å². The van der Waals surface area contributed by atoms with Gasteiger partial charge in [-0.3, -0.25) is 0 Å². The zero-order chi connectivity index (χ0) is 13.0. The maximum Gasteiger partial charge on any atom is 0.125 e. The Morgan fingerprint density at radius 2 is 2.11 bits per heavy atom. The van der Waals surface area contributed by atoms with Crippen LogP contribution in [0.4, 0.5) is 0 Å². The van der Waals surface area contributed by atoms with Crippen molar-refractivity contribution in [1.82, 2.24) is 0 Å². The number of aliphatic hydroxyl groups excluding tert-OH is 1. The van der Waals surface area contributed by atoms with Crippen LogP contribution in [0.2, 0.25) is 0 Å². The van der Waals surface area contributed by atoms with Gasteiger partial charge in [0.1, 0.15) is 23.7 Å². The highest BCUT2D eigenvalue weighted by Crippen LogP contribution is 2.32. The average Bonchev–Trinajstić information content (AvgIpc) is 2.46. The summed E-state index contributed by atoms with van der Waals surface area (Å²) in [5.74, 6) is 1.28.